The van der Waals surface area contributed by atoms with Crippen LogP contribution in [0, 0.1) is 0 Å². The number of likely N-dealkylation sites (N-methyl/N-ethyl adjacent to an activating group) is 1. The second-order valence-electron chi connectivity index (χ2n) is 10.00. The Morgan fingerprint density at radius 1 is 0.950 bits per heavy atom. The molecule has 214 valence electrons. The van der Waals surface area contributed by atoms with Crippen molar-refractivity contribution >= 4 is 57.0 Å². The van der Waals surface area contributed by atoms with Crippen molar-refractivity contribution in [1.29, 1.82) is 0 Å². The molecule has 2 aliphatic rings. The average Bonchev–Trinajstić information content (AvgIpc) is 2.96. The molecule has 0 bridgehead atoms. The Kier molecular flexibility index (Phi) is 9.10. The molecule has 2 saturated heterocycles. The van der Waals surface area contributed by atoms with Gasteiger partial charge in [0.1, 0.15) is 10.8 Å². The van der Waals surface area contributed by atoms with E-state index in [1.165, 1.54) is 6.20 Å². The molecule has 1 aromatic heterocycles. The van der Waals surface area contributed by atoms with Crippen LogP contribution < -0.4 is 25.0 Å². The number of ether oxygens (including phenoxy) is 1. The number of aromatic nitrogens is 2. The van der Waals surface area contributed by atoms with E-state index in [4.69, 9.17) is 16.3 Å². The number of nitrogens with one attached hydrogen (secondary N) is 3. The Balaban J connectivity index is 1.26. The van der Waals surface area contributed by atoms with Crippen LogP contribution in [0.2, 0.25) is 5.02 Å². The number of methoxy groups -OCH3 is 1. The van der Waals surface area contributed by atoms with Crippen molar-refractivity contribution in [2.75, 3.05) is 73.7 Å². The van der Waals surface area contributed by atoms with E-state index in [2.05, 4.69) is 53.1 Å². The van der Waals surface area contributed by atoms with Gasteiger partial charge in [-0.05, 0) is 44.2 Å². The second-order valence-corrected chi connectivity index (χ2v) is 11.1. The smallest absolute Gasteiger partial charge is 0.229 e. The number of para-hydroxylation sites is 2. The zero-order valence-electron chi connectivity index (χ0n) is 22.6. The summed E-state index contributed by atoms with van der Waals surface area (Å²) in [6.07, 6.45) is 3.80. The number of anilines is 6. The van der Waals surface area contributed by atoms with Gasteiger partial charge in [0.25, 0.3) is 0 Å². The van der Waals surface area contributed by atoms with Crippen molar-refractivity contribution in [1.82, 2.24) is 19.8 Å². The maximum atomic E-state index is 11.2. The molecule has 0 spiro atoms. The summed E-state index contributed by atoms with van der Waals surface area (Å²) in [5.74, 6) is 1.32. The van der Waals surface area contributed by atoms with Crippen molar-refractivity contribution in [3.8, 4) is 5.75 Å². The minimum Gasteiger partial charge on any atom is -0.494 e. The van der Waals surface area contributed by atoms with Crippen LogP contribution in [-0.4, -0.2) is 87.7 Å². The fourth-order valence-electron chi connectivity index (χ4n) is 5.21. The summed E-state index contributed by atoms with van der Waals surface area (Å²) in [4.78, 5) is 16.3. The highest BCUT2D eigenvalue weighted by molar-refractivity contribution is 7.73. The van der Waals surface area contributed by atoms with Gasteiger partial charge in [0.05, 0.1) is 30.4 Å². The number of piperazine rings is 1. The molecule has 0 unspecified atom stereocenters. The standard InChI is InChI=1S/C27H35ClN8O3S/c1-34-13-15-36(16-14-34)19-9-11-35(12-10-19)20-7-8-24(25(17-20)39-2)31-27-29-18-21(28)26(32-27)30-22-5-3-4-6-23(22)33-40(37)38/h3-8,17-19,40H,9-16H2,1-2H3,(H,33,37,38)(H2,29,30,31,32). The first-order valence-electron chi connectivity index (χ1n) is 13.3. The topological polar surface area (TPSA) is 115 Å². The number of thiol groups is 1. The molecule has 2 fully saturated rings. The second kappa shape index (κ2) is 12.9. The van der Waals surface area contributed by atoms with Gasteiger partial charge in [-0.25, -0.2) is 13.4 Å². The van der Waals surface area contributed by atoms with Crippen LogP contribution in [0.15, 0.2) is 48.7 Å². The van der Waals surface area contributed by atoms with E-state index in [0.29, 0.717) is 34.9 Å². The number of nitrogens with zero attached hydrogens (tertiary/aromatic N) is 5. The van der Waals surface area contributed by atoms with Gasteiger partial charge in [0.2, 0.25) is 16.8 Å². The fourth-order valence-corrected chi connectivity index (χ4v) is 5.74. The van der Waals surface area contributed by atoms with E-state index < -0.39 is 10.9 Å². The molecule has 2 aromatic carbocycles. The molecular formula is C27H35ClN8O3S. The Bertz CT molecular complexity index is 1380. The van der Waals surface area contributed by atoms with Gasteiger partial charge >= 0.3 is 0 Å². The highest BCUT2D eigenvalue weighted by Gasteiger charge is 2.27. The molecule has 11 nitrogen and oxygen atoms in total. The first-order chi connectivity index (χ1) is 19.4. The van der Waals surface area contributed by atoms with E-state index >= 15 is 0 Å². The van der Waals surface area contributed by atoms with Gasteiger partial charge in [0, 0.05) is 57.1 Å². The number of hydrogen-bond acceptors (Lipinski definition) is 10. The van der Waals surface area contributed by atoms with E-state index in [1.807, 2.05) is 12.1 Å². The van der Waals surface area contributed by atoms with Crippen molar-refractivity contribution in [3.63, 3.8) is 0 Å². The van der Waals surface area contributed by atoms with Crippen LogP contribution in [-0.2, 0) is 10.9 Å². The van der Waals surface area contributed by atoms with Gasteiger partial charge < -0.3 is 25.2 Å². The first-order valence-corrected chi connectivity index (χ1v) is 14.9. The third-order valence-electron chi connectivity index (χ3n) is 7.45. The number of rotatable bonds is 9. The summed E-state index contributed by atoms with van der Waals surface area (Å²) in [7, 11) is 1.02. The van der Waals surface area contributed by atoms with Crippen LogP contribution >= 0.6 is 11.6 Å². The Morgan fingerprint density at radius 3 is 2.38 bits per heavy atom. The maximum Gasteiger partial charge on any atom is 0.229 e. The largest absolute Gasteiger partial charge is 0.494 e. The van der Waals surface area contributed by atoms with Gasteiger partial charge in [0.15, 0.2) is 5.82 Å². The average molecular weight is 587 g/mol. The SMILES string of the molecule is COc1cc(N2CCC(N3CCN(C)CC3)CC2)ccc1Nc1ncc(Cl)c(Nc2ccccc2N[SH](=O)=O)n1. The van der Waals surface area contributed by atoms with Crippen LogP contribution in [0.25, 0.3) is 0 Å². The molecule has 0 aliphatic carbocycles. The minimum atomic E-state index is -2.82. The number of halogens is 1. The lowest BCUT2D eigenvalue weighted by atomic mass is 10.0. The molecule has 2 aliphatic heterocycles. The molecule has 3 N–H and O–H groups in total. The Morgan fingerprint density at radius 2 is 1.68 bits per heavy atom. The molecule has 0 saturated carbocycles. The molecular weight excluding hydrogens is 552 g/mol. The monoisotopic (exact) mass is 586 g/mol. The molecule has 13 heteroatoms. The van der Waals surface area contributed by atoms with E-state index in [-0.39, 0.29) is 5.02 Å². The normalized spacial score (nSPS) is 17.1. The van der Waals surface area contributed by atoms with E-state index in [9.17, 15) is 8.42 Å². The third kappa shape index (κ3) is 6.87. The number of hydrogen-bond donors (Lipinski definition) is 4. The lowest BCUT2D eigenvalue weighted by Crippen LogP contribution is -2.52. The fraction of sp³-hybridized carbons (Fsp3) is 0.407. The van der Waals surface area contributed by atoms with Crippen LogP contribution in [0.4, 0.5) is 34.5 Å². The number of benzene rings is 2. The lowest BCUT2D eigenvalue weighted by molar-refractivity contribution is 0.0982. The zero-order valence-corrected chi connectivity index (χ0v) is 24.3. The third-order valence-corrected chi connectivity index (χ3v) is 8.15. The predicted molar refractivity (Wildman–Crippen MR) is 161 cm³/mol. The Labute approximate surface area is 241 Å². The number of piperidine rings is 1. The molecule has 3 heterocycles. The van der Waals surface area contributed by atoms with Crippen molar-refractivity contribution < 1.29 is 13.2 Å². The van der Waals surface area contributed by atoms with Crippen molar-refractivity contribution in [2.24, 2.45) is 0 Å². The quantitative estimate of drug-likeness (QED) is 0.276. The summed E-state index contributed by atoms with van der Waals surface area (Å²) >= 11 is 6.35. The van der Waals surface area contributed by atoms with Gasteiger partial charge in [-0.1, -0.05) is 23.7 Å². The molecule has 0 atom stereocenters. The van der Waals surface area contributed by atoms with E-state index in [1.54, 1.807) is 31.4 Å². The summed E-state index contributed by atoms with van der Waals surface area (Å²) in [5.41, 5.74) is 2.73. The van der Waals surface area contributed by atoms with Crippen LogP contribution in [0.3, 0.4) is 0 Å². The highest BCUT2D eigenvalue weighted by Crippen LogP contribution is 2.34. The van der Waals surface area contributed by atoms with Gasteiger partial charge in [-0.3, -0.25) is 9.62 Å². The van der Waals surface area contributed by atoms with Crippen LogP contribution in [0.5, 0.6) is 5.75 Å². The molecule has 0 amide bonds. The van der Waals surface area contributed by atoms with Crippen LogP contribution in [0.1, 0.15) is 12.8 Å². The molecule has 0 radical (unpaired) electrons. The molecule has 3 aromatic rings. The van der Waals surface area contributed by atoms with E-state index in [0.717, 1.165) is 63.5 Å². The highest BCUT2D eigenvalue weighted by atomic mass is 35.5. The summed E-state index contributed by atoms with van der Waals surface area (Å²) in [6, 6.07) is 13.6. The first kappa shape index (κ1) is 28.2. The summed E-state index contributed by atoms with van der Waals surface area (Å²) < 4.78 is 30.5. The summed E-state index contributed by atoms with van der Waals surface area (Å²) in [6.45, 7) is 6.64. The minimum absolute atomic E-state index is 0.286. The predicted octanol–water partition coefficient (Wildman–Crippen LogP) is 3.78. The Hall–Kier alpha value is -3.32. The van der Waals surface area contributed by atoms with Crippen molar-refractivity contribution in [3.05, 3.63) is 53.7 Å². The van der Waals surface area contributed by atoms with Gasteiger partial charge in [-0.15, -0.1) is 0 Å². The van der Waals surface area contributed by atoms with Crippen molar-refractivity contribution in [2.45, 2.75) is 18.9 Å². The summed E-state index contributed by atoms with van der Waals surface area (Å²) in [5, 5.41) is 6.59. The zero-order chi connectivity index (χ0) is 28.1. The molecule has 5 rings (SSSR count). The lowest BCUT2D eigenvalue weighted by Gasteiger charge is -2.42. The molecule has 40 heavy (non-hydrogen) atoms. The van der Waals surface area contributed by atoms with Gasteiger partial charge in [-0.2, -0.15) is 4.98 Å². The maximum absolute atomic E-state index is 11.2.